The minimum Gasteiger partial charge on any atom is -0.449 e. The molecule has 0 bridgehead atoms. The van der Waals surface area contributed by atoms with E-state index < -0.39 is 0 Å². The number of oxazole rings is 1. The highest BCUT2D eigenvalue weighted by atomic mass is 16.3. The first-order valence-corrected chi connectivity index (χ1v) is 10.5. The van der Waals surface area contributed by atoms with Crippen molar-refractivity contribution in [1.29, 1.82) is 0 Å². The van der Waals surface area contributed by atoms with Crippen LogP contribution in [-0.4, -0.2) is 38.8 Å². The van der Waals surface area contributed by atoms with Gasteiger partial charge in [-0.05, 0) is 31.7 Å². The lowest BCUT2D eigenvalue weighted by atomic mass is 9.83. The highest BCUT2D eigenvalue weighted by molar-refractivity contribution is 5.74. The zero-order valence-electron chi connectivity index (χ0n) is 17.2. The van der Waals surface area contributed by atoms with Gasteiger partial charge in [0.25, 0.3) is 0 Å². The summed E-state index contributed by atoms with van der Waals surface area (Å²) >= 11 is 0. The van der Waals surface area contributed by atoms with Crippen molar-refractivity contribution in [1.82, 2.24) is 14.8 Å². The maximum atomic E-state index is 12.6. The zero-order valence-corrected chi connectivity index (χ0v) is 17.2. The molecule has 2 aliphatic rings. The van der Waals surface area contributed by atoms with Crippen LogP contribution in [0.2, 0.25) is 0 Å². The van der Waals surface area contributed by atoms with Crippen molar-refractivity contribution in [2.45, 2.75) is 77.0 Å². The standard InChI is InChI=1S/C23H31N3O2/c1-17-24-20(16-28-17)15-25-21(19-10-6-4-7-11-19)14-23(3)22(25)12-8-5-9-13-26(23)18(2)27/h4,6-7,10-11,16,21-22H,5,8-9,12-15H2,1-3H3/t21-,22-,23-/m0/s1. The molecule has 0 radical (unpaired) electrons. The van der Waals surface area contributed by atoms with Crippen LogP contribution in [0.15, 0.2) is 41.0 Å². The molecule has 2 aromatic rings. The first-order valence-electron chi connectivity index (χ1n) is 10.5. The number of aryl methyl sites for hydroxylation is 1. The second-order valence-electron chi connectivity index (χ2n) is 8.55. The molecule has 0 saturated carbocycles. The monoisotopic (exact) mass is 381 g/mol. The Balaban J connectivity index is 1.75. The van der Waals surface area contributed by atoms with Crippen LogP contribution in [0.3, 0.4) is 0 Å². The van der Waals surface area contributed by atoms with Crippen molar-refractivity contribution < 1.29 is 9.21 Å². The van der Waals surface area contributed by atoms with Crippen molar-refractivity contribution in [2.24, 2.45) is 0 Å². The van der Waals surface area contributed by atoms with Gasteiger partial charge in [0.1, 0.15) is 6.26 Å². The van der Waals surface area contributed by atoms with Gasteiger partial charge < -0.3 is 9.32 Å². The molecule has 2 saturated heterocycles. The lowest BCUT2D eigenvalue weighted by Gasteiger charge is -2.45. The highest BCUT2D eigenvalue weighted by Gasteiger charge is 2.53. The van der Waals surface area contributed by atoms with Crippen LogP contribution in [0.1, 0.15) is 69.1 Å². The molecule has 3 atom stereocenters. The van der Waals surface area contributed by atoms with E-state index in [9.17, 15) is 4.79 Å². The molecule has 0 N–H and O–H groups in total. The molecule has 2 aliphatic heterocycles. The quantitative estimate of drug-likeness (QED) is 0.786. The van der Waals surface area contributed by atoms with Crippen LogP contribution in [-0.2, 0) is 11.3 Å². The first kappa shape index (κ1) is 19.2. The van der Waals surface area contributed by atoms with Crippen LogP contribution < -0.4 is 0 Å². The molecule has 3 heterocycles. The molecule has 4 rings (SSSR count). The van der Waals surface area contributed by atoms with E-state index in [2.05, 4.69) is 52.0 Å². The summed E-state index contributed by atoms with van der Waals surface area (Å²) < 4.78 is 5.48. The largest absolute Gasteiger partial charge is 0.449 e. The van der Waals surface area contributed by atoms with E-state index in [0.29, 0.717) is 11.9 Å². The Bertz CT molecular complexity index is 818. The molecular weight excluding hydrogens is 350 g/mol. The summed E-state index contributed by atoms with van der Waals surface area (Å²) in [7, 11) is 0. The molecule has 28 heavy (non-hydrogen) atoms. The van der Waals surface area contributed by atoms with Crippen molar-refractivity contribution in [3.05, 3.63) is 53.7 Å². The van der Waals surface area contributed by atoms with Gasteiger partial charge in [-0.3, -0.25) is 9.69 Å². The SMILES string of the molecule is CC(=O)N1CCCCC[C@@H]2N(Cc3coc(C)n3)[C@H](c3ccccc3)C[C@@]21C. The number of amides is 1. The number of fused-ring (bicyclic) bond motifs is 1. The molecular formula is C23H31N3O2. The predicted octanol–water partition coefficient (Wildman–Crippen LogP) is 4.48. The molecule has 1 aromatic carbocycles. The van der Waals surface area contributed by atoms with Crippen LogP contribution >= 0.6 is 0 Å². The third-order valence-electron chi connectivity index (χ3n) is 6.68. The Labute approximate surface area is 167 Å². The van der Waals surface area contributed by atoms with Crippen molar-refractivity contribution in [2.75, 3.05) is 6.54 Å². The second-order valence-corrected chi connectivity index (χ2v) is 8.55. The van der Waals surface area contributed by atoms with E-state index in [4.69, 9.17) is 4.42 Å². The number of hydrogen-bond acceptors (Lipinski definition) is 4. The number of rotatable bonds is 3. The van der Waals surface area contributed by atoms with Gasteiger partial charge in [0, 0.05) is 39.0 Å². The molecule has 5 heteroatoms. The van der Waals surface area contributed by atoms with Gasteiger partial charge in [-0.2, -0.15) is 0 Å². The smallest absolute Gasteiger partial charge is 0.219 e. The Morgan fingerprint density at radius 2 is 2.04 bits per heavy atom. The number of likely N-dealkylation sites (tertiary alicyclic amines) is 2. The third kappa shape index (κ3) is 3.48. The van der Waals surface area contributed by atoms with Crippen LogP contribution in [0, 0.1) is 6.92 Å². The van der Waals surface area contributed by atoms with Gasteiger partial charge in [-0.1, -0.05) is 43.2 Å². The fraction of sp³-hybridized carbons (Fsp3) is 0.565. The van der Waals surface area contributed by atoms with Gasteiger partial charge in [-0.25, -0.2) is 4.98 Å². The predicted molar refractivity (Wildman–Crippen MR) is 109 cm³/mol. The number of carbonyl (C=O) groups excluding carboxylic acids is 1. The lowest BCUT2D eigenvalue weighted by molar-refractivity contribution is -0.136. The highest BCUT2D eigenvalue weighted by Crippen LogP contribution is 2.48. The minimum atomic E-state index is -0.161. The minimum absolute atomic E-state index is 0.161. The summed E-state index contributed by atoms with van der Waals surface area (Å²) in [6.07, 6.45) is 7.34. The molecule has 0 spiro atoms. The first-order chi connectivity index (χ1) is 13.5. The number of hydrogen-bond donors (Lipinski definition) is 0. The van der Waals surface area contributed by atoms with E-state index in [0.717, 1.165) is 38.0 Å². The van der Waals surface area contributed by atoms with Crippen molar-refractivity contribution >= 4 is 5.91 Å². The number of nitrogens with zero attached hydrogens (tertiary/aromatic N) is 3. The topological polar surface area (TPSA) is 49.6 Å². The Kier molecular flexibility index (Phi) is 5.28. The fourth-order valence-corrected chi connectivity index (χ4v) is 5.42. The lowest BCUT2D eigenvalue weighted by Crippen LogP contribution is -2.57. The average molecular weight is 382 g/mol. The fourth-order valence-electron chi connectivity index (χ4n) is 5.42. The van der Waals surface area contributed by atoms with Gasteiger partial charge in [-0.15, -0.1) is 0 Å². The number of carbonyl (C=O) groups is 1. The molecule has 2 fully saturated rings. The molecule has 0 aliphatic carbocycles. The van der Waals surface area contributed by atoms with Gasteiger partial charge in [0.05, 0.1) is 11.2 Å². The zero-order chi connectivity index (χ0) is 19.7. The molecule has 0 unspecified atom stereocenters. The summed E-state index contributed by atoms with van der Waals surface area (Å²) in [4.78, 5) is 21.9. The van der Waals surface area contributed by atoms with Crippen molar-refractivity contribution in [3.8, 4) is 0 Å². The Morgan fingerprint density at radius 1 is 1.25 bits per heavy atom. The molecule has 150 valence electrons. The maximum Gasteiger partial charge on any atom is 0.219 e. The summed E-state index contributed by atoms with van der Waals surface area (Å²) in [5, 5.41) is 0. The van der Waals surface area contributed by atoms with Crippen LogP contribution in [0.4, 0.5) is 0 Å². The van der Waals surface area contributed by atoms with Gasteiger partial charge in [0.2, 0.25) is 5.91 Å². The maximum absolute atomic E-state index is 12.6. The third-order valence-corrected chi connectivity index (χ3v) is 6.68. The normalized spacial score (nSPS) is 28.6. The van der Waals surface area contributed by atoms with E-state index in [1.807, 2.05) is 6.92 Å². The van der Waals surface area contributed by atoms with Gasteiger partial charge in [0.15, 0.2) is 5.89 Å². The summed E-state index contributed by atoms with van der Waals surface area (Å²) in [6, 6.07) is 11.3. The summed E-state index contributed by atoms with van der Waals surface area (Å²) in [5.41, 5.74) is 2.13. The summed E-state index contributed by atoms with van der Waals surface area (Å²) in [5.74, 6) is 0.900. The van der Waals surface area contributed by atoms with Crippen LogP contribution in [0.5, 0.6) is 0 Å². The average Bonchev–Trinajstić information content (AvgIpc) is 3.18. The molecule has 5 nitrogen and oxygen atoms in total. The molecule has 1 amide bonds. The Morgan fingerprint density at radius 3 is 2.71 bits per heavy atom. The number of aromatic nitrogens is 1. The van der Waals surface area contributed by atoms with Gasteiger partial charge >= 0.3 is 0 Å². The Hall–Kier alpha value is -2.14. The molecule has 1 aromatic heterocycles. The van der Waals surface area contributed by atoms with E-state index >= 15 is 0 Å². The summed E-state index contributed by atoms with van der Waals surface area (Å²) in [6.45, 7) is 7.53. The number of benzene rings is 1. The second kappa shape index (κ2) is 7.70. The van der Waals surface area contributed by atoms with E-state index in [1.54, 1.807) is 13.2 Å². The van der Waals surface area contributed by atoms with Crippen LogP contribution in [0.25, 0.3) is 0 Å². The van der Waals surface area contributed by atoms with E-state index in [1.165, 1.54) is 18.4 Å². The van der Waals surface area contributed by atoms with E-state index in [-0.39, 0.29) is 17.5 Å². The van der Waals surface area contributed by atoms with Crippen molar-refractivity contribution in [3.63, 3.8) is 0 Å².